The van der Waals surface area contributed by atoms with Crippen LogP contribution in [0.1, 0.15) is 36.3 Å². The molecule has 0 unspecified atom stereocenters. The number of H-pyrrole nitrogens is 1. The maximum absolute atomic E-state index is 11.6. The number of nitrogens with one attached hydrogen (secondary N) is 2. The quantitative estimate of drug-likeness (QED) is 0.752. The Morgan fingerprint density at radius 1 is 1.38 bits per heavy atom. The summed E-state index contributed by atoms with van der Waals surface area (Å²) >= 11 is 0. The monoisotopic (exact) mass is 221 g/mol. The molecule has 0 bridgehead atoms. The Labute approximate surface area is 93.2 Å². The van der Waals surface area contributed by atoms with Crippen LogP contribution < -0.4 is 5.32 Å². The van der Waals surface area contributed by atoms with Crippen LogP contribution in [-0.2, 0) is 0 Å². The normalized spacial score (nSPS) is 20.1. The lowest BCUT2D eigenvalue weighted by atomic mass is 9.98. The van der Waals surface area contributed by atoms with Crippen LogP contribution >= 0.6 is 0 Å². The zero-order valence-electron chi connectivity index (χ0n) is 9.02. The topological polar surface area (TPSA) is 83.6 Å². The molecular weight excluding hydrogens is 206 g/mol. The lowest BCUT2D eigenvalue weighted by Gasteiger charge is -2.15. The van der Waals surface area contributed by atoms with Crippen LogP contribution in [0.2, 0.25) is 0 Å². The largest absolute Gasteiger partial charge is 0.349 e. The van der Waals surface area contributed by atoms with Crippen molar-refractivity contribution in [1.29, 1.82) is 0 Å². The number of rotatable bonds is 5. The summed E-state index contributed by atoms with van der Waals surface area (Å²) in [4.78, 5) is 11.6. The van der Waals surface area contributed by atoms with Crippen molar-refractivity contribution in [1.82, 2.24) is 25.9 Å². The van der Waals surface area contributed by atoms with E-state index < -0.39 is 0 Å². The smallest absolute Gasteiger partial charge is 0.292 e. The van der Waals surface area contributed by atoms with Crippen molar-refractivity contribution in [2.24, 2.45) is 17.8 Å². The van der Waals surface area contributed by atoms with Crippen molar-refractivity contribution in [3.8, 4) is 0 Å². The van der Waals surface area contributed by atoms with Crippen LogP contribution in [-0.4, -0.2) is 33.1 Å². The second-order valence-electron chi connectivity index (χ2n) is 4.78. The Morgan fingerprint density at radius 3 is 2.56 bits per heavy atom. The number of hydrogen-bond donors (Lipinski definition) is 2. The fourth-order valence-corrected chi connectivity index (χ4v) is 2.31. The first kappa shape index (κ1) is 9.74. The zero-order valence-corrected chi connectivity index (χ0v) is 9.02. The molecule has 2 aliphatic rings. The van der Waals surface area contributed by atoms with Gasteiger partial charge in [-0.2, -0.15) is 5.21 Å². The van der Waals surface area contributed by atoms with Crippen LogP contribution in [0.4, 0.5) is 0 Å². The molecule has 1 amide bonds. The average Bonchev–Trinajstić information content (AvgIpc) is 3.21. The van der Waals surface area contributed by atoms with Gasteiger partial charge >= 0.3 is 0 Å². The number of aromatic amines is 1. The van der Waals surface area contributed by atoms with Crippen molar-refractivity contribution < 1.29 is 4.79 Å². The number of tetrazole rings is 1. The molecule has 2 saturated carbocycles. The summed E-state index contributed by atoms with van der Waals surface area (Å²) in [7, 11) is 0. The van der Waals surface area contributed by atoms with E-state index in [1.165, 1.54) is 25.7 Å². The van der Waals surface area contributed by atoms with Crippen LogP contribution in [0, 0.1) is 17.8 Å². The third-order valence-corrected chi connectivity index (χ3v) is 3.50. The maximum Gasteiger partial charge on any atom is 0.292 e. The summed E-state index contributed by atoms with van der Waals surface area (Å²) in [5.41, 5.74) is 0. The van der Waals surface area contributed by atoms with Crippen LogP contribution in [0.25, 0.3) is 0 Å². The van der Waals surface area contributed by atoms with Crippen LogP contribution in [0.5, 0.6) is 0 Å². The lowest BCUT2D eigenvalue weighted by molar-refractivity contribution is 0.0933. The molecule has 2 N–H and O–H groups in total. The van der Waals surface area contributed by atoms with E-state index in [0.717, 1.165) is 18.4 Å². The molecule has 0 aliphatic heterocycles. The van der Waals surface area contributed by atoms with E-state index in [4.69, 9.17) is 0 Å². The second-order valence-corrected chi connectivity index (χ2v) is 4.78. The Balaban J connectivity index is 1.53. The van der Waals surface area contributed by atoms with E-state index >= 15 is 0 Å². The highest BCUT2D eigenvalue weighted by atomic mass is 16.2. The van der Waals surface area contributed by atoms with Gasteiger partial charge in [-0.3, -0.25) is 4.79 Å². The van der Waals surface area contributed by atoms with Gasteiger partial charge in [0.2, 0.25) is 0 Å². The molecular formula is C10H15N5O. The first-order valence-electron chi connectivity index (χ1n) is 5.86. The highest BCUT2D eigenvalue weighted by molar-refractivity contribution is 5.89. The molecule has 1 heterocycles. The SMILES string of the molecule is O=C(NCC(C1CC1)C1CC1)c1nn[nH]n1. The highest BCUT2D eigenvalue weighted by Crippen LogP contribution is 2.48. The van der Waals surface area contributed by atoms with E-state index in [2.05, 4.69) is 25.9 Å². The molecule has 0 aromatic carbocycles. The van der Waals surface area contributed by atoms with Gasteiger partial charge in [-0.25, -0.2) is 0 Å². The number of amides is 1. The van der Waals surface area contributed by atoms with Crippen molar-refractivity contribution in [2.45, 2.75) is 25.7 Å². The fraction of sp³-hybridized carbons (Fsp3) is 0.800. The first-order valence-corrected chi connectivity index (χ1v) is 5.86. The van der Waals surface area contributed by atoms with E-state index in [9.17, 15) is 4.79 Å². The third kappa shape index (κ3) is 2.05. The standard InChI is InChI=1S/C10H15N5O/c16-10(9-12-14-15-13-9)11-5-8(6-1-2-6)7-3-4-7/h6-8H,1-5H2,(H,11,16)(H,12,13,14,15). The van der Waals surface area contributed by atoms with E-state index in [-0.39, 0.29) is 11.7 Å². The van der Waals surface area contributed by atoms with Crippen molar-refractivity contribution in [2.75, 3.05) is 6.54 Å². The number of hydrogen-bond acceptors (Lipinski definition) is 4. The molecule has 6 heteroatoms. The predicted octanol–water partition coefficient (Wildman–Crippen LogP) is 0.366. The Bertz CT molecular complexity index is 357. The van der Waals surface area contributed by atoms with Gasteiger partial charge in [0.05, 0.1) is 0 Å². The summed E-state index contributed by atoms with van der Waals surface area (Å²) in [5.74, 6) is 2.28. The van der Waals surface area contributed by atoms with Gasteiger partial charge in [-0.1, -0.05) is 0 Å². The van der Waals surface area contributed by atoms with Crippen LogP contribution in [0.15, 0.2) is 0 Å². The van der Waals surface area contributed by atoms with E-state index in [0.29, 0.717) is 5.92 Å². The van der Waals surface area contributed by atoms with Crippen LogP contribution in [0.3, 0.4) is 0 Å². The van der Waals surface area contributed by atoms with E-state index in [1.807, 2.05) is 0 Å². The summed E-state index contributed by atoms with van der Waals surface area (Å²) in [6.45, 7) is 0.767. The van der Waals surface area contributed by atoms with Gasteiger partial charge in [-0.05, 0) is 48.7 Å². The minimum Gasteiger partial charge on any atom is -0.349 e. The third-order valence-electron chi connectivity index (χ3n) is 3.50. The zero-order chi connectivity index (χ0) is 11.0. The molecule has 0 saturated heterocycles. The van der Waals surface area contributed by atoms with Gasteiger partial charge in [0.25, 0.3) is 11.7 Å². The van der Waals surface area contributed by atoms with E-state index in [1.54, 1.807) is 0 Å². The predicted molar refractivity (Wildman–Crippen MR) is 55.4 cm³/mol. The minimum atomic E-state index is -0.222. The Morgan fingerprint density at radius 2 is 2.06 bits per heavy atom. The molecule has 0 atom stereocenters. The maximum atomic E-state index is 11.6. The summed E-state index contributed by atoms with van der Waals surface area (Å²) in [6, 6.07) is 0. The number of carbonyl (C=O) groups excluding carboxylic acids is 1. The van der Waals surface area contributed by atoms with Gasteiger partial charge in [-0.15, -0.1) is 10.2 Å². The molecule has 2 fully saturated rings. The summed E-state index contributed by atoms with van der Waals surface area (Å²) in [5, 5.41) is 15.9. The molecule has 0 radical (unpaired) electrons. The lowest BCUT2D eigenvalue weighted by Crippen LogP contribution is -2.31. The number of aromatic nitrogens is 4. The van der Waals surface area contributed by atoms with Crippen molar-refractivity contribution in [3.63, 3.8) is 0 Å². The van der Waals surface area contributed by atoms with Crippen molar-refractivity contribution >= 4 is 5.91 Å². The molecule has 16 heavy (non-hydrogen) atoms. The molecule has 86 valence electrons. The fourth-order valence-electron chi connectivity index (χ4n) is 2.31. The Kier molecular flexibility index (Phi) is 2.34. The molecule has 3 rings (SSSR count). The summed E-state index contributed by atoms with van der Waals surface area (Å²) in [6.07, 6.45) is 5.33. The van der Waals surface area contributed by atoms with Crippen molar-refractivity contribution in [3.05, 3.63) is 5.82 Å². The molecule has 0 spiro atoms. The highest BCUT2D eigenvalue weighted by Gasteiger charge is 2.41. The first-order chi connectivity index (χ1) is 7.84. The molecule has 1 aromatic rings. The average molecular weight is 221 g/mol. The molecule has 2 aliphatic carbocycles. The number of carbonyl (C=O) groups is 1. The Hall–Kier alpha value is -1.46. The van der Waals surface area contributed by atoms with Gasteiger partial charge in [0, 0.05) is 6.54 Å². The second kappa shape index (κ2) is 3.84. The molecule has 6 nitrogen and oxygen atoms in total. The minimum absolute atomic E-state index is 0.130. The summed E-state index contributed by atoms with van der Waals surface area (Å²) < 4.78 is 0. The number of nitrogens with zero attached hydrogens (tertiary/aromatic N) is 3. The molecule has 1 aromatic heterocycles. The van der Waals surface area contributed by atoms with Gasteiger partial charge < -0.3 is 5.32 Å². The van der Waals surface area contributed by atoms with Gasteiger partial charge in [0.15, 0.2) is 0 Å². The van der Waals surface area contributed by atoms with Gasteiger partial charge in [0.1, 0.15) is 0 Å².